The fraction of sp³-hybridized carbons (Fsp3) is 0.200. The van der Waals surface area contributed by atoms with E-state index in [1.165, 1.54) is 17.6 Å². The van der Waals surface area contributed by atoms with Crippen LogP contribution in [0.25, 0.3) is 0 Å². The van der Waals surface area contributed by atoms with Gasteiger partial charge in [-0.15, -0.1) is 11.3 Å². The van der Waals surface area contributed by atoms with Gasteiger partial charge in [0.25, 0.3) is 0 Å². The molecule has 0 aliphatic carbocycles. The maximum absolute atomic E-state index is 11.6. The fourth-order valence-corrected chi connectivity index (χ4v) is 1.96. The summed E-state index contributed by atoms with van der Waals surface area (Å²) in [4.78, 5) is 16.2. The average Bonchev–Trinajstić information content (AvgIpc) is 2.87. The van der Waals surface area contributed by atoms with E-state index in [1.54, 1.807) is 12.1 Å². The number of aryl methyl sites for hydroxylation is 1. The Bertz CT molecular complexity index is 508. The Morgan fingerprint density at radius 2 is 2.53 bits per heavy atom. The van der Waals surface area contributed by atoms with Crippen molar-refractivity contribution in [2.24, 2.45) is 4.99 Å². The van der Waals surface area contributed by atoms with E-state index in [0.29, 0.717) is 4.80 Å². The minimum atomic E-state index is -0.343. The van der Waals surface area contributed by atoms with Crippen molar-refractivity contribution >= 4 is 17.2 Å². The van der Waals surface area contributed by atoms with Crippen molar-refractivity contribution in [3.63, 3.8) is 0 Å². The number of thiazole rings is 1. The number of hydrogen-bond acceptors (Lipinski definition) is 3. The summed E-state index contributed by atoms with van der Waals surface area (Å²) in [6.45, 7) is 2.80. The Kier molecular flexibility index (Phi) is 2.82. The van der Waals surface area contributed by atoms with Crippen molar-refractivity contribution in [3.8, 4) is 0 Å². The Morgan fingerprint density at radius 1 is 1.67 bits per heavy atom. The van der Waals surface area contributed by atoms with Crippen molar-refractivity contribution in [3.05, 3.63) is 40.5 Å². The largest absolute Gasteiger partial charge is 0.459 e. The second-order valence-corrected chi connectivity index (χ2v) is 3.74. The number of amides is 1. The number of hydrogen-bond donors (Lipinski definition) is 0. The topological polar surface area (TPSA) is 47.5 Å². The first-order valence-corrected chi connectivity index (χ1v) is 5.45. The van der Waals surface area contributed by atoms with E-state index in [4.69, 9.17) is 4.42 Å². The molecule has 2 aromatic heterocycles. The molecule has 15 heavy (non-hydrogen) atoms. The number of furan rings is 1. The molecule has 78 valence electrons. The van der Waals surface area contributed by atoms with Crippen molar-refractivity contribution in [1.29, 1.82) is 0 Å². The highest BCUT2D eigenvalue weighted by Gasteiger charge is 2.06. The number of carbonyl (C=O) groups excluding carboxylic acids is 1. The molecular formula is C10H10N2O2S. The second kappa shape index (κ2) is 4.27. The Balaban J connectivity index is 2.35. The molecule has 0 radical (unpaired) electrons. The molecule has 4 nitrogen and oxygen atoms in total. The van der Waals surface area contributed by atoms with Gasteiger partial charge >= 0.3 is 5.91 Å². The summed E-state index contributed by atoms with van der Waals surface area (Å²) in [5.41, 5.74) is 0. The van der Waals surface area contributed by atoms with Crippen LogP contribution in [0.4, 0.5) is 0 Å². The van der Waals surface area contributed by atoms with E-state index >= 15 is 0 Å². The molecule has 0 atom stereocenters. The van der Waals surface area contributed by atoms with Gasteiger partial charge in [-0.2, -0.15) is 4.99 Å². The molecule has 0 spiro atoms. The quantitative estimate of drug-likeness (QED) is 0.779. The number of rotatable bonds is 2. The van der Waals surface area contributed by atoms with Gasteiger partial charge in [-0.1, -0.05) is 0 Å². The van der Waals surface area contributed by atoms with Crippen LogP contribution < -0.4 is 4.80 Å². The molecule has 0 aromatic carbocycles. The zero-order valence-electron chi connectivity index (χ0n) is 8.21. The molecule has 5 heteroatoms. The van der Waals surface area contributed by atoms with Crippen LogP contribution in [0.3, 0.4) is 0 Å². The van der Waals surface area contributed by atoms with Crippen molar-refractivity contribution in [2.75, 3.05) is 0 Å². The van der Waals surface area contributed by atoms with Crippen LogP contribution >= 0.6 is 11.3 Å². The third-order valence-electron chi connectivity index (χ3n) is 1.93. The highest BCUT2D eigenvalue weighted by atomic mass is 32.1. The lowest BCUT2D eigenvalue weighted by atomic mass is 10.4. The highest BCUT2D eigenvalue weighted by molar-refractivity contribution is 7.07. The monoisotopic (exact) mass is 222 g/mol. The molecule has 0 aliphatic heterocycles. The zero-order chi connectivity index (χ0) is 10.7. The summed E-state index contributed by atoms with van der Waals surface area (Å²) < 4.78 is 6.88. The van der Waals surface area contributed by atoms with E-state index < -0.39 is 0 Å². The third-order valence-corrected chi connectivity index (χ3v) is 2.72. The lowest BCUT2D eigenvalue weighted by Gasteiger charge is -1.93. The van der Waals surface area contributed by atoms with Gasteiger partial charge in [0.15, 0.2) is 10.6 Å². The molecule has 0 saturated carbocycles. The van der Waals surface area contributed by atoms with E-state index in [1.807, 2.05) is 23.1 Å². The van der Waals surface area contributed by atoms with Crippen LogP contribution in [0.2, 0.25) is 0 Å². The van der Waals surface area contributed by atoms with E-state index in [2.05, 4.69) is 4.99 Å². The average molecular weight is 222 g/mol. The highest BCUT2D eigenvalue weighted by Crippen LogP contribution is 2.01. The summed E-state index contributed by atoms with van der Waals surface area (Å²) >= 11 is 1.43. The number of nitrogens with zero attached hydrogens (tertiary/aromatic N) is 2. The van der Waals surface area contributed by atoms with Gasteiger partial charge in [0, 0.05) is 18.1 Å². The Hall–Kier alpha value is -1.62. The van der Waals surface area contributed by atoms with Crippen LogP contribution in [-0.4, -0.2) is 10.5 Å². The third kappa shape index (κ3) is 2.07. The number of aromatic nitrogens is 1. The molecule has 2 heterocycles. The first kappa shape index (κ1) is 9.92. The van der Waals surface area contributed by atoms with Gasteiger partial charge in [0.2, 0.25) is 0 Å². The van der Waals surface area contributed by atoms with Crippen LogP contribution in [0.1, 0.15) is 17.5 Å². The SMILES string of the molecule is CCn1ccsc1=NC(=O)c1ccco1. The molecule has 0 N–H and O–H groups in total. The first-order chi connectivity index (χ1) is 7.31. The molecule has 2 aromatic rings. The predicted molar refractivity (Wildman–Crippen MR) is 56.6 cm³/mol. The minimum absolute atomic E-state index is 0.269. The summed E-state index contributed by atoms with van der Waals surface area (Å²) in [5, 5.41) is 1.90. The lowest BCUT2D eigenvalue weighted by molar-refractivity contribution is 0.0971. The van der Waals surface area contributed by atoms with Crippen LogP contribution in [0.15, 0.2) is 39.4 Å². The molecule has 1 amide bonds. The normalized spacial score (nSPS) is 11.9. The van der Waals surface area contributed by atoms with E-state index in [0.717, 1.165) is 6.54 Å². The Labute approximate surface area is 90.5 Å². The molecule has 0 fully saturated rings. The van der Waals surface area contributed by atoms with E-state index in [-0.39, 0.29) is 11.7 Å². The van der Waals surface area contributed by atoms with Crippen LogP contribution in [0.5, 0.6) is 0 Å². The fourth-order valence-electron chi connectivity index (χ4n) is 1.17. The maximum Gasteiger partial charge on any atom is 0.315 e. The standard InChI is InChI=1S/C10H10N2O2S/c1-2-12-5-7-15-10(12)11-9(13)8-4-3-6-14-8/h3-7H,2H2,1H3. The smallest absolute Gasteiger partial charge is 0.315 e. The van der Waals surface area contributed by atoms with Gasteiger partial charge in [-0.3, -0.25) is 4.79 Å². The minimum Gasteiger partial charge on any atom is -0.459 e. The second-order valence-electron chi connectivity index (χ2n) is 2.87. The lowest BCUT2D eigenvalue weighted by Crippen LogP contribution is -2.14. The van der Waals surface area contributed by atoms with Gasteiger partial charge < -0.3 is 8.98 Å². The van der Waals surface area contributed by atoms with Crippen LogP contribution in [-0.2, 0) is 6.54 Å². The number of carbonyl (C=O) groups is 1. The van der Waals surface area contributed by atoms with Gasteiger partial charge in [0.05, 0.1) is 6.26 Å². The maximum atomic E-state index is 11.6. The zero-order valence-corrected chi connectivity index (χ0v) is 9.03. The van der Waals surface area contributed by atoms with Crippen molar-refractivity contribution in [2.45, 2.75) is 13.5 Å². The van der Waals surface area contributed by atoms with Gasteiger partial charge in [-0.25, -0.2) is 0 Å². The molecule has 2 rings (SSSR count). The first-order valence-electron chi connectivity index (χ1n) is 4.57. The Morgan fingerprint density at radius 3 is 3.20 bits per heavy atom. The van der Waals surface area contributed by atoms with Gasteiger partial charge in [-0.05, 0) is 19.1 Å². The van der Waals surface area contributed by atoms with E-state index in [9.17, 15) is 4.79 Å². The summed E-state index contributed by atoms with van der Waals surface area (Å²) in [6, 6.07) is 3.28. The summed E-state index contributed by atoms with van der Waals surface area (Å²) in [5.74, 6) is -0.0734. The molecule has 0 saturated heterocycles. The summed E-state index contributed by atoms with van der Waals surface area (Å²) in [6.07, 6.45) is 3.37. The predicted octanol–water partition coefficient (Wildman–Crippen LogP) is 1.90. The molecule has 0 unspecified atom stereocenters. The van der Waals surface area contributed by atoms with Crippen molar-refractivity contribution < 1.29 is 9.21 Å². The van der Waals surface area contributed by atoms with Crippen LogP contribution in [0, 0.1) is 0 Å². The molecule has 0 bridgehead atoms. The van der Waals surface area contributed by atoms with Crippen molar-refractivity contribution in [1.82, 2.24) is 4.57 Å². The molecular weight excluding hydrogens is 212 g/mol. The molecule has 0 aliphatic rings. The van der Waals surface area contributed by atoms with Gasteiger partial charge in [0.1, 0.15) is 0 Å². The summed E-state index contributed by atoms with van der Waals surface area (Å²) in [7, 11) is 0.